The zero-order valence-corrected chi connectivity index (χ0v) is 11.5. The number of carbonyl (C=O) groups is 1. The molecule has 0 aliphatic rings. The smallest absolute Gasteiger partial charge is 0.173 e. The summed E-state index contributed by atoms with van der Waals surface area (Å²) in [5.74, 6) is 0.246. The molecule has 1 aromatic heterocycles. The monoisotopic (exact) mass is 275 g/mol. The first-order valence-electron chi connectivity index (χ1n) is 5.91. The average molecular weight is 276 g/mol. The Hall–Kier alpha value is -1.87. The highest BCUT2D eigenvalue weighted by atomic mass is 35.5. The predicted molar refractivity (Wildman–Crippen MR) is 75.0 cm³/mol. The van der Waals surface area contributed by atoms with Crippen molar-refractivity contribution in [2.75, 3.05) is 7.11 Å². The van der Waals surface area contributed by atoms with Crippen LogP contribution in [0, 0.1) is 0 Å². The third-order valence-electron chi connectivity index (χ3n) is 3.03. The van der Waals surface area contributed by atoms with E-state index in [1.54, 1.807) is 30.6 Å². The maximum Gasteiger partial charge on any atom is 0.173 e. The number of ketones is 1. The van der Waals surface area contributed by atoms with E-state index in [1.165, 1.54) is 7.11 Å². The Kier molecular flexibility index (Phi) is 4.17. The van der Waals surface area contributed by atoms with Crippen LogP contribution in [0.5, 0.6) is 5.75 Å². The molecule has 0 N–H and O–H groups in total. The van der Waals surface area contributed by atoms with Gasteiger partial charge in [-0.2, -0.15) is 0 Å². The average Bonchev–Trinajstić information content (AvgIpc) is 2.46. The Morgan fingerprint density at radius 2 is 1.95 bits per heavy atom. The molecule has 0 saturated heterocycles. The number of hydrogen-bond acceptors (Lipinski definition) is 3. The van der Waals surface area contributed by atoms with Crippen molar-refractivity contribution in [2.45, 2.75) is 12.8 Å². The Bertz CT molecular complexity index is 584. The standard InChI is InChI=1S/C15H14ClNO2/c1-10(11-5-7-17-8-6-11)15(18)13-4-3-12(16)9-14(13)19-2/h3-10H,1-2H3. The Balaban J connectivity index is 2.34. The first-order valence-corrected chi connectivity index (χ1v) is 6.29. The van der Waals surface area contributed by atoms with Crippen LogP contribution in [0.15, 0.2) is 42.7 Å². The van der Waals surface area contributed by atoms with Gasteiger partial charge in [-0.1, -0.05) is 18.5 Å². The van der Waals surface area contributed by atoms with Crippen molar-refractivity contribution in [3.05, 3.63) is 58.9 Å². The van der Waals surface area contributed by atoms with Crippen molar-refractivity contribution in [1.29, 1.82) is 0 Å². The first kappa shape index (κ1) is 13.6. The lowest BCUT2D eigenvalue weighted by Crippen LogP contribution is -2.11. The summed E-state index contributed by atoms with van der Waals surface area (Å²) in [4.78, 5) is 16.4. The minimum Gasteiger partial charge on any atom is -0.496 e. The topological polar surface area (TPSA) is 39.2 Å². The fraction of sp³-hybridized carbons (Fsp3) is 0.200. The molecule has 0 fully saturated rings. The molecule has 0 aliphatic carbocycles. The van der Waals surface area contributed by atoms with E-state index in [0.29, 0.717) is 16.3 Å². The third kappa shape index (κ3) is 2.93. The van der Waals surface area contributed by atoms with Gasteiger partial charge in [-0.25, -0.2) is 0 Å². The molecule has 1 atom stereocenters. The summed E-state index contributed by atoms with van der Waals surface area (Å²) < 4.78 is 5.22. The molecule has 0 bridgehead atoms. The maximum atomic E-state index is 12.5. The van der Waals surface area contributed by atoms with E-state index in [2.05, 4.69) is 4.98 Å². The summed E-state index contributed by atoms with van der Waals surface area (Å²) >= 11 is 5.90. The number of nitrogens with zero attached hydrogens (tertiary/aromatic N) is 1. The van der Waals surface area contributed by atoms with Crippen LogP contribution in [0.3, 0.4) is 0 Å². The number of Topliss-reactive ketones (excluding diaryl/α,β-unsaturated/α-hetero) is 1. The number of carbonyl (C=O) groups excluding carboxylic acids is 1. The minimum atomic E-state index is -0.252. The third-order valence-corrected chi connectivity index (χ3v) is 3.26. The normalized spacial score (nSPS) is 11.9. The second-order valence-electron chi connectivity index (χ2n) is 4.21. The van der Waals surface area contributed by atoms with Gasteiger partial charge in [-0.3, -0.25) is 9.78 Å². The number of methoxy groups -OCH3 is 1. The van der Waals surface area contributed by atoms with Gasteiger partial charge < -0.3 is 4.74 Å². The van der Waals surface area contributed by atoms with Crippen LogP contribution < -0.4 is 4.74 Å². The number of benzene rings is 1. The Morgan fingerprint density at radius 3 is 2.58 bits per heavy atom. The van der Waals surface area contributed by atoms with E-state index in [4.69, 9.17) is 16.3 Å². The van der Waals surface area contributed by atoms with E-state index < -0.39 is 0 Å². The molecule has 2 aromatic rings. The molecule has 0 amide bonds. The lowest BCUT2D eigenvalue weighted by atomic mass is 9.92. The highest BCUT2D eigenvalue weighted by molar-refractivity contribution is 6.30. The van der Waals surface area contributed by atoms with Crippen molar-refractivity contribution < 1.29 is 9.53 Å². The maximum absolute atomic E-state index is 12.5. The van der Waals surface area contributed by atoms with E-state index in [1.807, 2.05) is 19.1 Å². The molecule has 4 heteroatoms. The van der Waals surface area contributed by atoms with Crippen LogP contribution in [-0.4, -0.2) is 17.9 Å². The summed E-state index contributed by atoms with van der Waals surface area (Å²) in [6.45, 7) is 1.87. The van der Waals surface area contributed by atoms with Gasteiger partial charge in [-0.15, -0.1) is 0 Å². The van der Waals surface area contributed by atoms with Gasteiger partial charge in [0.2, 0.25) is 0 Å². The number of ether oxygens (including phenoxy) is 1. The van der Waals surface area contributed by atoms with Crippen LogP contribution in [0.25, 0.3) is 0 Å². The van der Waals surface area contributed by atoms with Crippen molar-refractivity contribution in [1.82, 2.24) is 4.98 Å². The number of pyridine rings is 1. The van der Waals surface area contributed by atoms with Crippen molar-refractivity contribution in [3.63, 3.8) is 0 Å². The SMILES string of the molecule is COc1cc(Cl)ccc1C(=O)C(C)c1ccncc1. The molecule has 0 saturated carbocycles. The molecule has 0 aliphatic heterocycles. The largest absolute Gasteiger partial charge is 0.496 e. The molecule has 1 heterocycles. The molecule has 1 unspecified atom stereocenters. The van der Waals surface area contributed by atoms with E-state index in [-0.39, 0.29) is 11.7 Å². The quantitative estimate of drug-likeness (QED) is 0.798. The molecule has 2 rings (SSSR count). The molecule has 0 radical (unpaired) electrons. The Morgan fingerprint density at radius 1 is 1.26 bits per heavy atom. The lowest BCUT2D eigenvalue weighted by molar-refractivity contribution is 0.0963. The van der Waals surface area contributed by atoms with Gasteiger partial charge in [-0.05, 0) is 35.9 Å². The van der Waals surface area contributed by atoms with E-state index in [0.717, 1.165) is 5.56 Å². The van der Waals surface area contributed by atoms with Crippen LogP contribution >= 0.6 is 11.6 Å². The first-order chi connectivity index (χ1) is 9.13. The number of rotatable bonds is 4. The second kappa shape index (κ2) is 5.85. The summed E-state index contributed by atoms with van der Waals surface area (Å²) in [6, 6.07) is 8.71. The highest BCUT2D eigenvalue weighted by Gasteiger charge is 2.20. The highest BCUT2D eigenvalue weighted by Crippen LogP contribution is 2.28. The van der Waals surface area contributed by atoms with Gasteiger partial charge in [0.1, 0.15) is 5.75 Å². The van der Waals surface area contributed by atoms with Crippen LogP contribution in [0.1, 0.15) is 28.8 Å². The summed E-state index contributed by atoms with van der Waals surface area (Å²) in [6.07, 6.45) is 3.36. The zero-order chi connectivity index (χ0) is 13.8. The zero-order valence-electron chi connectivity index (χ0n) is 10.8. The summed E-state index contributed by atoms with van der Waals surface area (Å²) in [5.41, 5.74) is 1.47. The Labute approximate surface area is 117 Å². The molecule has 3 nitrogen and oxygen atoms in total. The van der Waals surface area contributed by atoms with E-state index >= 15 is 0 Å². The molecular formula is C15H14ClNO2. The van der Waals surface area contributed by atoms with Crippen molar-refractivity contribution in [2.24, 2.45) is 0 Å². The van der Waals surface area contributed by atoms with Crippen molar-refractivity contribution >= 4 is 17.4 Å². The van der Waals surface area contributed by atoms with Crippen LogP contribution in [-0.2, 0) is 0 Å². The van der Waals surface area contributed by atoms with Gasteiger partial charge in [0.15, 0.2) is 5.78 Å². The fourth-order valence-corrected chi connectivity index (χ4v) is 2.07. The van der Waals surface area contributed by atoms with Crippen LogP contribution in [0.2, 0.25) is 5.02 Å². The van der Waals surface area contributed by atoms with Crippen molar-refractivity contribution in [3.8, 4) is 5.75 Å². The second-order valence-corrected chi connectivity index (χ2v) is 4.65. The number of hydrogen-bond donors (Lipinski definition) is 0. The molecule has 1 aromatic carbocycles. The van der Waals surface area contributed by atoms with Gasteiger partial charge in [0.05, 0.1) is 12.7 Å². The number of halogens is 1. The lowest BCUT2D eigenvalue weighted by Gasteiger charge is -2.13. The predicted octanol–water partition coefficient (Wildman–Crippen LogP) is 3.73. The van der Waals surface area contributed by atoms with Gasteiger partial charge >= 0.3 is 0 Å². The fourth-order valence-electron chi connectivity index (χ4n) is 1.91. The number of aromatic nitrogens is 1. The molecule has 98 valence electrons. The summed E-state index contributed by atoms with van der Waals surface area (Å²) in [7, 11) is 1.53. The molecule has 19 heavy (non-hydrogen) atoms. The van der Waals surface area contributed by atoms with Gasteiger partial charge in [0.25, 0.3) is 0 Å². The van der Waals surface area contributed by atoms with Crippen LogP contribution in [0.4, 0.5) is 0 Å². The minimum absolute atomic E-state index is 0.000262. The summed E-state index contributed by atoms with van der Waals surface area (Å²) in [5, 5.41) is 0.546. The molecule has 0 spiro atoms. The van der Waals surface area contributed by atoms with E-state index in [9.17, 15) is 4.79 Å². The molecular weight excluding hydrogens is 262 g/mol. The van der Waals surface area contributed by atoms with Gasteiger partial charge in [0, 0.05) is 23.3 Å².